The van der Waals surface area contributed by atoms with Crippen LogP contribution in [0.25, 0.3) is 10.9 Å². The van der Waals surface area contributed by atoms with Gasteiger partial charge < -0.3 is 10.1 Å². The van der Waals surface area contributed by atoms with Crippen LogP contribution in [0, 0.1) is 6.92 Å². The summed E-state index contributed by atoms with van der Waals surface area (Å²) in [7, 11) is -3.93. The van der Waals surface area contributed by atoms with Crippen molar-refractivity contribution in [1.82, 2.24) is 19.9 Å². The molecule has 12 heteroatoms. The molecule has 212 valence electrons. The van der Waals surface area contributed by atoms with E-state index in [0.29, 0.717) is 34.4 Å². The van der Waals surface area contributed by atoms with Crippen molar-refractivity contribution in [2.24, 2.45) is 0 Å². The normalized spacial score (nSPS) is 13.4. The first-order valence-electron chi connectivity index (χ1n) is 13.3. The maximum atomic E-state index is 13.3. The van der Waals surface area contributed by atoms with Gasteiger partial charge in [-0.05, 0) is 56.3 Å². The Balaban J connectivity index is 1.25. The molecule has 5 rings (SSSR count). The zero-order valence-electron chi connectivity index (χ0n) is 22.8. The predicted molar refractivity (Wildman–Crippen MR) is 154 cm³/mol. The average molecular weight is 575 g/mol. The highest BCUT2D eigenvalue weighted by Gasteiger charge is 2.27. The van der Waals surface area contributed by atoms with Gasteiger partial charge in [0.2, 0.25) is 5.95 Å². The van der Waals surface area contributed by atoms with E-state index in [4.69, 9.17) is 9.72 Å². The third kappa shape index (κ3) is 6.50. The van der Waals surface area contributed by atoms with Crippen molar-refractivity contribution in [2.75, 3.05) is 29.7 Å². The van der Waals surface area contributed by atoms with Crippen LogP contribution in [0.2, 0.25) is 0 Å². The van der Waals surface area contributed by atoms with Crippen molar-refractivity contribution in [1.29, 1.82) is 0 Å². The maximum Gasteiger partial charge on any atom is 0.339 e. The highest BCUT2D eigenvalue weighted by Crippen LogP contribution is 2.29. The lowest BCUT2D eigenvalue weighted by Gasteiger charge is -2.29. The van der Waals surface area contributed by atoms with Crippen molar-refractivity contribution in [3.63, 3.8) is 0 Å². The topological polar surface area (TPSA) is 143 Å². The number of hydrogen-bond donors (Lipinski definition) is 2. The number of amides is 1. The van der Waals surface area contributed by atoms with E-state index in [1.165, 1.54) is 30.5 Å². The molecule has 0 saturated carbocycles. The van der Waals surface area contributed by atoms with E-state index in [0.717, 1.165) is 37.2 Å². The molecule has 3 heterocycles. The van der Waals surface area contributed by atoms with Gasteiger partial charge in [-0.15, -0.1) is 0 Å². The summed E-state index contributed by atoms with van der Waals surface area (Å²) >= 11 is 0. The lowest BCUT2D eigenvalue weighted by Crippen LogP contribution is -2.33. The molecule has 0 saturated heterocycles. The number of para-hydroxylation sites is 1. The summed E-state index contributed by atoms with van der Waals surface area (Å²) in [4.78, 5) is 41.0. The number of hydrogen-bond acceptors (Lipinski definition) is 9. The van der Waals surface area contributed by atoms with E-state index in [1.807, 2.05) is 24.3 Å². The Labute approximate surface area is 238 Å². The Bertz CT molecular complexity index is 1710. The molecule has 0 bridgehead atoms. The summed E-state index contributed by atoms with van der Waals surface area (Å²) in [6.45, 7) is 5.72. The van der Waals surface area contributed by atoms with Crippen LogP contribution in [-0.4, -0.2) is 59.8 Å². The zero-order chi connectivity index (χ0) is 29.0. The number of aromatic nitrogens is 3. The minimum absolute atomic E-state index is 0.0292. The molecule has 0 atom stereocenters. The molecule has 4 aromatic rings. The number of benzene rings is 2. The standard InChI is InChI=1S/C29H30N6O5S/c1-3-15-35-16-13-25-23(17-35)27(22-6-4-5-7-24(22)33-25)28(37)40-18-26(36)32-20-8-10-21(11-9-20)41(38,39)34-29-30-14-12-19(2)31-29/h4-12,14H,3,13,15-18H2,1-2H3,(H,32,36)(H,30,31,34). The smallest absolute Gasteiger partial charge is 0.339 e. The van der Waals surface area contributed by atoms with Crippen molar-refractivity contribution in [2.45, 2.75) is 38.1 Å². The third-order valence-electron chi connectivity index (χ3n) is 6.67. The van der Waals surface area contributed by atoms with Crippen LogP contribution >= 0.6 is 0 Å². The number of anilines is 2. The second-order valence-corrected chi connectivity index (χ2v) is 11.4. The van der Waals surface area contributed by atoms with Gasteiger partial charge >= 0.3 is 5.97 Å². The molecule has 2 aromatic heterocycles. The van der Waals surface area contributed by atoms with Crippen LogP contribution in [-0.2, 0) is 32.5 Å². The zero-order valence-corrected chi connectivity index (χ0v) is 23.6. The summed E-state index contributed by atoms with van der Waals surface area (Å²) in [5.74, 6) is -1.18. The summed E-state index contributed by atoms with van der Waals surface area (Å²) in [5.41, 5.74) is 3.84. The average Bonchev–Trinajstić information content (AvgIpc) is 2.95. The number of sulfonamides is 1. The molecule has 1 aliphatic heterocycles. The van der Waals surface area contributed by atoms with Crippen LogP contribution in [0.3, 0.4) is 0 Å². The Morgan fingerprint density at radius 3 is 2.59 bits per heavy atom. The fraction of sp³-hybridized carbons (Fsp3) is 0.276. The van der Waals surface area contributed by atoms with Gasteiger partial charge in [0.25, 0.3) is 15.9 Å². The molecule has 2 N–H and O–H groups in total. The van der Waals surface area contributed by atoms with Crippen molar-refractivity contribution in [3.05, 3.63) is 83.3 Å². The molecular formula is C29H30N6O5S. The van der Waals surface area contributed by atoms with E-state index in [9.17, 15) is 18.0 Å². The first kappa shape index (κ1) is 28.1. The lowest BCUT2D eigenvalue weighted by molar-refractivity contribution is -0.119. The van der Waals surface area contributed by atoms with E-state index in [-0.39, 0.29) is 10.8 Å². The number of esters is 1. The van der Waals surface area contributed by atoms with Crippen molar-refractivity contribution in [3.8, 4) is 0 Å². The van der Waals surface area contributed by atoms with Gasteiger partial charge in [-0.2, -0.15) is 0 Å². The number of rotatable bonds is 9. The number of nitrogens with zero attached hydrogens (tertiary/aromatic N) is 4. The van der Waals surface area contributed by atoms with Crippen LogP contribution < -0.4 is 10.0 Å². The molecule has 0 spiro atoms. The highest BCUT2D eigenvalue weighted by atomic mass is 32.2. The van der Waals surface area contributed by atoms with Gasteiger partial charge in [-0.3, -0.25) is 14.7 Å². The predicted octanol–water partition coefficient (Wildman–Crippen LogP) is 3.70. The fourth-order valence-electron chi connectivity index (χ4n) is 4.78. The van der Waals surface area contributed by atoms with Crippen LogP contribution in [0.1, 0.15) is 40.7 Å². The van der Waals surface area contributed by atoms with Crippen LogP contribution in [0.5, 0.6) is 0 Å². The first-order valence-corrected chi connectivity index (χ1v) is 14.7. The van der Waals surface area contributed by atoms with Crippen LogP contribution in [0.15, 0.2) is 65.7 Å². The number of ether oxygens (including phenoxy) is 1. The molecule has 1 aliphatic rings. The Hall–Kier alpha value is -4.42. The largest absolute Gasteiger partial charge is 0.452 e. The Morgan fingerprint density at radius 1 is 1.05 bits per heavy atom. The molecular weight excluding hydrogens is 544 g/mol. The Kier molecular flexibility index (Phi) is 8.22. The van der Waals surface area contributed by atoms with E-state index < -0.39 is 28.5 Å². The van der Waals surface area contributed by atoms with Crippen molar-refractivity contribution >= 4 is 44.4 Å². The SMILES string of the molecule is CCCN1CCc2nc3ccccc3c(C(=O)OCC(=O)Nc3ccc(S(=O)(=O)Nc4nccc(C)n4)cc3)c2C1. The van der Waals surface area contributed by atoms with Crippen LogP contribution in [0.4, 0.5) is 11.6 Å². The minimum atomic E-state index is -3.93. The Morgan fingerprint density at radius 2 is 1.83 bits per heavy atom. The molecule has 2 aromatic carbocycles. The number of carbonyl (C=O) groups excluding carboxylic acids is 2. The molecule has 0 unspecified atom stereocenters. The van der Waals surface area contributed by atoms with E-state index in [2.05, 4.69) is 31.8 Å². The molecule has 41 heavy (non-hydrogen) atoms. The van der Waals surface area contributed by atoms with E-state index in [1.54, 1.807) is 13.0 Å². The summed E-state index contributed by atoms with van der Waals surface area (Å²) in [5, 5.41) is 3.32. The second-order valence-electron chi connectivity index (χ2n) is 9.73. The van der Waals surface area contributed by atoms with Gasteiger partial charge in [0, 0.05) is 53.7 Å². The summed E-state index contributed by atoms with van der Waals surface area (Å²) in [6, 6.07) is 14.7. The first-order chi connectivity index (χ1) is 19.7. The number of carbonyl (C=O) groups is 2. The quantitative estimate of drug-likeness (QED) is 0.286. The maximum absolute atomic E-state index is 13.3. The fourth-order valence-corrected chi connectivity index (χ4v) is 5.73. The minimum Gasteiger partial charge on any atom is -0.452 e. The number of fused-ring (bicyclic) bond motifs is 2. The number of nitrogens with one attached hydrogen (secondary N) is 2. The lowest BCUT2D eigenvalue weighted by atomic mass is 9.95. The highest BCUT2D eigenvalue weighted by molar-refractivity contribution is 7.92. The van der Waals surface area contributed by atoms with Gasteiger partial charge in [0.05, 0.1) is 16.0 Å². The molecule has 0 fully saturated rings. The van der Waals surface area contributed by atoms with Gasteiger partial charge in [-0.25, -0.2) is 27.9 Å². The second kappa shape index (κ2) is 12.0. The monoisotopic (exact) mass is 574 g/mol. The molecule has 1 amide bonds. The molecule has 0 radical (unpaired) electrons. The van der Waals surface area contributed by atoms with Gasteiger partial charge in [-0.1, -0.05) is 25.1 Å². The van der Waals surface area contributed by atoms with Crippen molar-refractivity contribution < 1.29 is 22.7 Å². The summed E-state index contributed by atoms with van der Waals surface area (Å²) in [6.07, 6.45) is 3.19. The number of aryl methyl sites for hydroxylation is 1. The third-order valence-corrected chi connectivity index (χ3v) is 8.02. The molecule has 0 aliphatic carbocycles. The number of pyridine rings is 1. The van der Waals surface area contributed by atoms with E-state index >= 15 is 0 Å². The van der Waals surface area contributed by atoms with Gasteiger partial charge in [0.15, 0.2) is 6.61 Å². The molecule has 11 nitrogen and oxygen atoms in total. The van der Waals surface area contributed by atoms with Gasteiger partial charge in [0.1, 0.15) is 0 Å². The summed E-state index contributed by atoms with van der Waals surface area (Å²) < 4.78 is 33.1.